The van der Waals surface area contributed by atoms with Crippen molar-refractivity contribution in [3.05, 3.63) is 167 Å². The molecule has 0 saturated carbocycles. The van der Waals surface area contributed by atoms with Gasteiger partial charge in [0.25, 0.3) is 0 Å². The third-order valence-electron chi connectivity index (χ3n) is 15.1. The second-order valence-electron chi connectivity index (χ2n) is 20.9. The Bertz CT molecular complexity index is 3650. The van der Waals surface area contributed by atoms with Crippen LogP contribution in [-0.4, -0.2) is 138 Å². The summed E-state index contributed by atoms with van der Waals surface area (Å²) in [6.45, 7) is 15.4. The highest BCUT2D eigenvalue weighted by Gasteiger charge is 2.36. The van der Waals surface area contributed by atoms with E-state index in [1.807, 2.05) is 48.5 Å². The molecule has 0 bridgehead atoms. The molecule has 16 nitrogen and oxygen atoms in total. The summed E-state index contributed by atoms with van der Waals surface area (Å²) in [5.74, 6) is 0.868. The lowest BCUT2D eigenvalue weighted by atomic mass is 9.89. The minimum atomic E-state index is -0.546. The van der Waals surface area contributed by atoms with Crippen LogP contribution in [0.5, 0.6) is 23.0 Å². The van der Waals surface area contributed by atoms with E-state index in [2.05, 4.69) is 57.5 Å². The number of nitrogens with zero attached hydrogens (tertiary/aromatic N) is 6. The molecule has 4 aromatic heterocycles. The van der Waals surface area contributed by atoms with E-state index >= 15 is 0 Å². The Morgan fingerprint density at radius 1 is 0.662 bits per heavy atom. The van der Waals surface area contributed by atoms with Crippen LogP contribution >= 0.6 is 0 Å². The molecule has 2 aliphatic heterocycles. The molecule has 11 rings (SSSR count). The van der Waals surface area contributed by atoms with Gasteiger partial charge in [0.1, 0.15) is 69.7 Å². The van der Waals surface area contributed by atoms with Crippen LogP contribution in [0.2, 0.25) is 0 Å². The highest BCUT2D eigenvalue weighted by molar-refractivity contribution is 6.18. The summed E-state index contributed by atoms with van der Waals surface area (Å²) in [6.07, 6.45) is 8.38. The molecule has 416 valence electrons. The largest absolute Gasteiger partial charge is 0.507 e. The molecule has 2 aliphatic rings. The number of aryl methyl sites for hydroxylation is 1. The zero-order chi connectivity index (χ0) is 56.2. The lowest BCUT2D eigenvalue weighted by Crippen LogP contribution is -2.46. The monoisotopic (exact) mass is 1090 g/mol. The Balaban J connectivity index is 0.000000180. The van der Waals surface area contributed by atoms with Gasteiger partial charge in [-0.2, -0.15) is 0 Å². The number of benzene rings is 5. The average molecular weight is 1090 g/mol. The van der Waals surface area contributed by atoms with E-state index in [9.17, 15) is 24.2 Å². The number of pyridine rings is 2. The summed E-state index contributed by atoms with van der Waals surface area (Å²) in [4.78, 5) is 43.9. The maximum absolute atomic E-state index is 13.3. The van der Waals surface area contributed by atoms with E-state index in [0.717, 1.165) is 69.0 Å². The predicted molar refractivity (Wildman–Crippen MR) is 304 cm³/mol. The van der Waals surface area contributed by atoms with Gasteiger partial charge in [0.2, 0.25) is 0 Å². The molecular weight excluding hydrogens is 1020 g/mol. The molecule has 17 heteroatoms. The fourth-order valence-electron chi connectivity index (χ4n) is 11.0. The van der Waals surface area contributed by atoms with Crippen molar-refractivity contribution in [2.24, 2.45) is 5.92 Å². The lowest BCUT2D eigenvalue weighted by Gasteiger charge is -2.39. The predicted octanol–water partition coefficient (Wildman–Crippen LogP) is 11.1. The van der Waals surface area contributed by atoms with Crippen molar-refractivity contribution >= 4 is 55.4 Å². The number of aromatic hydroxyl groups is 2. The summed E-state index contributed by atoms with van der Waals surface area (Å²) >= 11 is 0. The maximum Gasteiger partial charge on any atom is 0.342 e. The van der Waals surface area contributed by atoms with Crippen LogP contribution in [0.3, 0.4) is 0 Å². The highest BCUT2D eigenvalue weighted by atomic mass is 19.1. The number of carbonyl (C=O) groups is 2. The highest BCUT2D eigenvalue weighted by Crippen LogP contribution is 2.50. The Hall–Kier alpha value is -8.09. The van der Waals surface area contributed by atoms with Gasteiger partial charge in [-0.25, -0.2) is 14.0 Å². The number of rotatable bonds is 15. The Morgan fingerprint density at radius 2 is 1.20 bits per heavy atom. The lowest BCUT2D eigenvalue weighted by molar-refractivity contribution is 0.0525. The van der Waals surface area contributed by atoms with Crippen LogP contribution in [-0.2, 0) is 16.1 Å². The molecule has 2 saturated heterocycles. The summed E-state index contributed by atoms with van der Waals surface area (Å²) in [5, 5.41) is 27.7. The summed E-state index contributed by atoms with van der Waals surface area (Å²) in [6, 6.07) is 24.2. The van der Waals surface area contributed by atoms with Gasteiger partial charge in [-0.1, -0.05) is 26.0 Å². The Labute approximate surface area is 463 Å². The molecule has 2 atom stereocenters. The van der Waals surface area contributed by atoms with Crippen molar-refractivity contribution in [3.8, 4) is 23.0 Å². The molecule has 0 radical (unpaired) electrons. The third-order valence-corrected chi connectivity index (χ3v) is 15.1. The van der Waals surface area contributed by atoms with Gasteiger partial charge >= 0.3 is 11.9 Å². The molecule has 0 aliphatic carbocycles. The molecular formula is C63H67FN6O10. The number of furan rings is 2. The number of piperazine rings is 2. The first-order valence-electron chi connectivity index (χ1n) is 27.1. The summed E-state index contributed by atoms with van der Waals surface area (Å²) in [5.41, 5.74) is 5.55. The van der Waals surface area contributed by atoms with E-state index in [0.29, 0.717) is 90.0 Å². The van der Waals surface area contributed by atoms with Crippen LogP contribution in [0.1, 0.15) is 87.1 Å². The Kier molecular flexibility index (Phi) is 16.6. The minimum Gasteiger partial charge on any atom is -0.507 e. The van der Waals surface area contributed by atoms with Crippen LogP contribution in [0.15, 0.2) is 125 Å². The van der Waals surface area contributed by atoms with Gasteiger partial charge in [0.15, 0.2) is 0 Å². The third kappa shape index (κ3) is 11.2. The zero-order valence-electron chi connectivity index (χ0n) is 46.2. The van der Waals surface area contributed by atoms with E-state index < -0.39 is 11.9 Å². The number of ether oxygens (including phenoxy) is 4. The smallest absolute Gasteiger partial charge is 0.342 e. The Morgan fingerprint density at radius 3 is 1.76 bits per heavy atom. The molecule has 2 unspecified atom stereocenters. The van der Waals surface area contributed by atoms with Crippen molar-refractivity contribution in [1.82, 2.24) is 29.6 Å². The van der Waals surface area contributed by atoms with Crippen LogP contribution in [0.4, 0.5) is 4.39 Å². The second-order valence-corrected chi connectivity index (χ2v) is 20.9. The van der Waals surface area contributed by atoms with Crippen molar-refractivity contribution in [2.75, 3.05) is 86.8 Å². The SMILES string of the molecule is CCOC(=O)c1c(C)oc2c1c(C(c1ccncc1)N1CCN(C)CC1)c(O)c1ccc(OCC(C)C)cc12.COC(=O)c1coc2c1c(C(c1ccncc1)N1CCN(C)CC1)c(O)c1cc(OCc3ccc(F)cc3)ccc12. The number of esters is 2. The molecule has 2 fully saturated rings. The van der Waals surface area contributed by atoms with E-state index in [-0.39, 0.29) is 48.2 Å². The molecule has 0 amide bonds. The van der Waals surface area contributed by atoms with Gasteiger partial charge in [0, 0.05) is 121 Å². The molecule has 0 spiro atoms. The standard InChI is InChI=1S/C32H30FN3O5.C31H37N3O5/c1-35-13-15-36(16-14-35)29(21-9-11-34-12-10-21)28-27-26(32(38)39-2)19-41-31(27)24-8-7-23(17-25(24)30(28)37)40-18-20-3-5-22(33)6-4-20;1-6-37-31(36)25-20(4)39-30-24-17-22(38-18-19(2)3)7-8-23(24)29(35)27(26(25)30)28(21-9-11-32-12-10-21)34-15-13-33(5)14-16-34/h3-12,17,19,29,37H,13-16,18H2,1-2H3;7-12,17,19,28,35H,6,13-16,18H2,1-5H3. The normalized spacial score (nSPS) is 15.5. The zero-order valence-corrected chi connectivity index (χ0v) is 46.2. The van der Waals surface area contributed by atoms with Gasteiger partial charge in [-0.15, -0.1) is 0 Å². The van der Waals surface area contributed by atoms with Crippen LogP contribution in [0, 0.1) is 18.7 Å². The van der Waals surface area contributed by atoms with Crippen molar-refractivity contribution in [2.45, 2.75) is 46.4 Å². The van der Waals surface area contributed by atoms with Gasteiger partial charge in [-0.05, 0) is 123 Å². The molecule has 6 heterocycles. The molecule has 2 N–H and O–H groups in total. The van der Waals surface area contributed by atoms with Crippen LogP contribution < -0.4 is 9.47 Å². The molecule has 80 heavy (non-hydrogen) atoms. The van der Waals surface area contributed by atoms with E-state index in [1.165, 1.54) is 25.5 Å². The fraction of sp³-hybridized carbons (Fsp3) is 0.333. The first-order chi connectivity index (χ1) is 38.7. The number of hydrogen-bond acceptors (Lipinski definition) is 16. The fourth-order valence-corrected chi connectivity index (χ4v) is 11.0. The summed E-state index contributed by atoms with van der Waals surface area (Å²) in [7, 11) is 5.53. The number of carbonyl (C=O) groups excluding carboxylic acids is 2. The van der Waals surface area contributed by atoms with Gasteiger partial charge in [-0.3, -0.25) is 19.8 Å². The number of aromatic nitrogens is 2. The topological polar surface area (TPSA) is 177 Å². The molecule has 9 aromatic rings. The van der Waals surface area contributed by atoms with Crippen molar-refractivity contribution < 1.29 is 52.0 Å². The quantitative estimate of drug-likeness (QED) is 0.0926. The number of halogens is 1. The minimum absolute atomic E-state index is 0.0343. The van der Waals surface area contributed by atoms with Crippen molar-refractivity contribution in [3.63, 3.8) is 0 Å². The van der Waals surface area contributed by atoms with Crippen LogP contribution in [0.25, 0.3) is 43.5 Å². The average Bonchev–Trinajstić information content (AvgIpc) is 4.13. The summed E-state index contributed by atoms with van der Waals surface area (Å²) < 4.78 is 48.3. The van der Waals surface area contributed by atoms with Gasteiger partial charge in [0.05, 0.1) is 32.4 Å². The van der Waals surface area contributed by atoms with E-state index in [4.69, 9.17) is 27.8 Å². The van der Waals surface area contributed by atoms with Crippen molar-refractivity contribution in [1.29, 1.82) is 0 Å². The first-order valence-corrected chi connectivity index (χ1v) is 27.1. The number of hydrogen-bond donors (Lipinski definition) is 2. The first kappa shape index (κ1) is 55.2. The maximum atomic E-state index is 13.3. The number of phenols is 2. The van der Waals surface area contributed by atoms with Gasteiger partial charge < -0.3 is 47.8 Å². The molecule has 5 aromatic carbocycles. The number of likely N-dealkylation sites (N-methyl/N-ethyl adjacent to an activating group) is 2. The number of fused-ring (bicyclic) bond motifs is 6. The second kappa shape index (κ2) is 24.1. The number of phenolic OH excluding ortho intramolecular Hbond substituents is 2. The van der Waals surface area contributed by atoms with E-state index in [1.54, 1.807) is 62.9 Å². The number of methoxy groups -OCH3 is 1.